The van der Waals surface area contributed by atoms with Gasteiger partial charge in [-0.1, -0.05) is 0 Å². The van der Waals surface area contributed by atoms with Gasteiger partial charge in [-0.05, 0) is 12.1 Å². The second-order valence-corrected chi connectivity index (χ2v) is 3.58. The van der Waals surface area contributed by atoms with Gasteiger partial charge in [0, 0.05) is 26.2 Å². The lowest BCUT2D eigenvalue weighted by molar-refractivity contribution is -0.118. The van der Waals surface area contributed by atoms with E-state index in [2.05, 4.69) is 9.88 Å². The molecular weight excluding hydrogens is 192 g/mol. The van der Waals surface area contributed by atoms with Gasteiger partial charge in [-0.2, -0.15) is 0 Å². The zero-order chi connectivity index (χ0) is 10.7. The first kappa shape index (κ1) is 9.76. The van der Waals surface area contributed by atoms with Crippen LogP contribution in [0.3, 0.4) is 0 Å². The minimum Gasteiger partial charge on any atom is -0.397 e. The quantitative estimate of drug-likeness (QED) is 0.689. The molecule has 2 N–H and O–H groups in total. The van der Waals surface area contributed by atoms with Gasteiger partial charge in [-0.3, -0.25) is 4.79 Å². The number of hydrogen-bond acceptors (Lipinski definition) is 4. The number of nitrogens with zero attached hydrogens (tertiary/aromatic N) is 3. The van der Waals surface area contributed by atoms with E-state index in [1.54, 1.807) is 11.1 Å². The van der Waals surface area contributed by atoms with E-state index in [0.717, 1.165) is 38.4 Å². The fraction of sp³-hybridized carbons (Fsp3) is 0.400. The van der Waals surface area contributed by atoms with E-state index in [1.165, 1.54) is 0 Å². The summed E-state index contributed by atoms with van der Waals surface area (Å²) in [6.07, 6.45) is 2.55. The van der Waals surface area contributed by atoms with Crippen LogP contribution in [0.15, 0.2) is 18.3 Å². The van der Waals surface area contributed by atoms with Gasteiger partial charge >= 0.3 is 0 Å². The number of carbonyl (C=O) groups excluding carboxylic acids is 1. The molecule has 0 aromatic carbocycles. The Morgan fingerprint density at radius 1 is 1.27 bits per heavy atom. The second-order valence-electron chi connectivity index (χ2n) is 3.58. The first-order chi connectivity index (χ1) is 7.29. The van der Waals surface area contributed by atoms with Crippen LogP contribution in [-0.2, 0) is 4.79 Å². The molecule has 1 amide bonds. The molecule has 1 fully saturated rings. The summed E-state index contributed by atoms with van der Waals surface area (Å²) in [5.41, 5.74) is 6.24. The van der Waals surface area contributed by atoms with Crippen molar-refractivity contribution < 1.29 is 4.79 Å². The summed E-state index contributed by atoms with van der Waals surface area (Å²) in [7, 11) is 0. The molecular formula is C10H14N4O. The lowest BCUT2D eigenvalue weighted by Gasteiger charge is -2.33. The molecule has 1 aromatic rings. The molecule has 15 heavy (non-hydrogen) atoms. The third-order valence-corrected chi connectivity index (χ3v) is 2.56. The Morgan fingerprint density at radius 3 is 2.53 bits per heavy atom. The number of pyridine rings is 1. The molecule has 5 heteroatoms. The molecule has 0 spiro atoms. The highest BCUT2D eigenvalue weighted by Gasteiger charge is 2.15. The van der Waals surface area contributed by atoms with Gasteiger partial charge in [0.15, 0.2) is 0 Å². The molecule has 2 rings (SSSR count). The highest BCUT2D eigenvalue weighted by atomic mass is 16.1. The Labute approximate surface area is 88.5 Å². The smallest absolute Gasteiger partial charge is 0.209 e. The van der Waals surface area contributed by atoms with Gasteiger partial charge in [0.2, 0.25) is 6.41 Å². The van der Waals surface area contributed by atoms with Gasteiger partial charge in [0.05, 0.1) is 11.9 Å². The number of nitrogen functional groups attached to an aromatic ring is 1. The van der Waals surface area contributed by atoms with Crippen LogP contribution in [0.5, 0.6) is 0 Å². The number of carbonyl (C=O) groups is 1. The average Bonchev–Trinajstić information content (AvgIpc) is 2.30. The Morgan fingerprint density at radius 2 is 2.00 bits per heavy atom. The molecule has 0 aliphatic carbocycles. The molecule has 1 saturated heterocycles. The van der Waals surface area contributed by atoms with Crippen molar-refractivity contribution in [2.75, 3.05) is 36.8 Å². The second kappa shape index (κ2) is 4.16. The largest absolute Gasteiger partial charge is 0.397 e. The predicted octanol–water partition coefficient (Wildman–Crippen LogP) is -0.0578. The van der Waals surface area contributed by atoms with Crippen molar-refractivity contribution in [1.82, 2.24) is 9.88 Å². The first-order valence-corrected chi connectivity index (χ1v) is 4.95. The molecule has 0 atom stereocenters. The van der Waals surface area contributed by atoms with Crippen LogP contribution in [0, 0.1) is 0 Å². The highest BCUT2D eigenvalue weighted by Crippen LogP contribution is 2.13. The molecule has 0 bridgehead atoms. The zero-order valence-corrected chi connectivity index (χ0v) is 8.47. The van der Waals surface area contributed by atoms with Crippen molar-refractivity contribution in [3.05, 3.63) is 18.3 Å². The minimum atomic E-state index is 0.672. The van der Waals surface area contributed by atoms with Crippen molar-refractivity contribution in [3.63, 3.8) is 0 Å². The first-order valence-electron chi connectivity index (χ1n) is 4.95. The molecule has 0 unspecified atom stereocenters. The lowest BCUT2D eigenvalue weighted by Crippen LogP contribution is -2.46. The van der Waals surface area contributed by atoms with Gasteiger partial charge in [0.1, 0.15) is 5.82 Å². The number of piperazine rings is 1. The van der Waals surface area contributed by atoms with Crippen LogP contribution in [0.25, 0.3) is 0 Å². The Hall–Kier alpha value is -1.78. The van der Waals surface area contributed by atoms with Crippen molar-refractivity contribution in [3.8, 4) is 0 Å². The van der Waals surface area contributed by atoms with Crippen molar-refractivity contribution in [2.45, 2.75) is 0 Å². The van der Waals surface area contributed by atoms with E-state index in [9.17, 15) is 4.79 Å². The van der Waals surface area contributed by atoms with Gasteiger partial charge in [-0.15, -0.1) is 0 Å². The molecule has 0 radical (unpaired) electrons. The number of nitrogens with two attached hydrogens (primary N) is 1. The monoisotopic (exact) mass is 206 g/mol. The van der Waals surface area contributed by atoms with E-state index >= 15 is 0 Å². The highest BCUT2D eigenvalue weighted by molar-refractivity contribution is 5.50. The van der Waals surface area contributed by atoms with Crippen LogP contribution in [0.2, 0.25) is 0 Å². The molecule has 80 valence electrons. The third kappa shape index (κ3) is 2.18. The summed E-state index contributed by atoms with van der Waals surface area (Å²) in [5, 5.41) is 0. The Balaban J connectivity index is 2.01. The molecule has 5 nitrogen and oxygen atoms in total. The minimum absolute atomic E-state index is 0.672. The number of anilines is 2. The van der Waals surface area contributed by atoms with Crippen LogP contribution in [-0.4, -0.2) is 42.5 Å². The molecule has 2 heterocycles. The fourth-order valence-corrected chi connectivity index (χ4v) is 1.64. The standard InChI is InChI=1S/C10H14N4O/c11-9-1-2-10(12-7-9)14-5-3-13(8-15)4-6-14/h1-2,7-8H,3-6,11H2. The maximum atomic E-state index is 10.5. The van der Waals surface area contributed by atoms with Crippen LogP contribution in [0.4, 0.5) is 11.5 Å². The van der Waals surface area contributed by atoms with Crippen LogP contribution < -0.4 is 10.6 Å². The molecule has 1 aromatic heterocycles. The maximum Gasteiger partial charge on any atom is 0.209 e. The van der Waals surface area contributed by atoms with E-state index in [0.29, 0.717) is 5.69 Å². The topological polar surface area (TPSA) is 62.5 Å². The van der Waals surface area contributed by atoms with Crippen molar-refractivity contribution >= 4 is 17.9 Å². The third-order valence-electron chi connectivity index (χ3n) is 2.56. The van der Waals surface area contributed by atoms with E-state index in [4.69, 9.17) is 5.73 Å². The zero-order valence-electron chi connectivity index (χ0n) is 8.47. The number of hydrogen-bond donors (Lipinski definition) is 1. The van der Waals surface area contributed by atoms with Crippen LogP contribution in [0.1, 0.15) is 0 Å². The number of rotatable bonds is 2. The summed E-state index contributed by atoms with van der Waals surface area (Å²) in [6, 6.07) is 3.75. The number of aromatic nitrogens is 1. The normalized spacial score (nSPS) is 16.5. The summed E-state index contributed by atoms with van der Waals surface area (Å²) in [4.78, 5) is 18.7. The predicted molar refractivity (Wildman–Crippen MR) is 58.5 cm³/mol. The van der Waals surface area contributed by atoms with Gasteiger partial charge < -0.3 is 15.5 Å². The van der Waals surface area contributed by atoms with E-state index in [-0.39, 0.29) is 0 Å². The molecule has 1 aliphatic heterocycles. The van der Waals surface area contributed by atoms with E-state index in [1.807, 2.05) is 12.1 Å². The summed E-state index contributed by atoms with van der Waals surface area (Å²) >= 11 is 0. The van der Waals surface area contributed by atoms with Crippen molar-refractivity contribution in [1.29, 1.82) is 0 Å². The van der Waals surface area contributed by atoms with Crippen molar-refractivity contribution in [2.24, 2.45) is 0 Å². The van der Waals surface area contributed by atoms with E-state index < -0.39 is 0 Å². The summed E-state index contributed by atoms with van der Waals surface area (Å²) in [6.45, 7) is 3.18. The summed E-state index contributed by atoms with van der Waals surface area (Å²) < 4.78 is 0. The lowest BCUT2D eigenvalue weighted by atomic mass is 10.3. The van der Waals surface area contributed by atoms with Gasteiger partial charge in [-0.25, -0.2) is 4.98 Å². The number of amides is 1. The van der Waals surface area contributed by atoms with Crippen LogP contribution >= 0.6 is 0 Å². The summed E-state index contributed by atoms with van der Waals surface area (Å²) in [5.74, 6) is 0.926. The fourth-order valence-electron chi connectivity index (χ4n) is 1.64. The Bertz CT molecular complexity index is 330. The maximum absolute atomic E-state index is 10.5. The van der Waals surface area contributed by atoms with Gasteiger partial charge in [0.25, 0.3) is 0 Å². The molecule has 0 saturated carbocycles. The SMILES string of the molecule is Nc1ccc(N2CCN(C=O)CC2)nc1. The Kier molecular flexibility index (Phi) is 2.71. The average molecular weight is 206 g/mol. The molecule has 1 aliphatic rings.